The summed E-state index contributed by atoms with van der Waals surface area (Å²) in [5.41, 5.74) is 0.717. The fraction of sp³-hybridized carbons (Fsp3) is 0.611. The summed E-state index contributed by atoms with van der Waals surface area (Å²) in [4.78, 5) is 11.6. The first kappa shape index (κ1) is 14.7. The van der Waals surface area contributed by atoms with Crippen LogP contribution in [0.1, 0.15) is 44.1 Å². The molecule has 2 unspecified atom stereocenters. The van der Waals surface area contributed by atoms with Gasteiger partial charge in [-0.2, -0.15) is 0 Å². The second-order valence-electron chi connectivity index (χ2n) is 7.61. The van der Waals surface area contributed by atoms with E-state index in [1.807, 2.05) is 12.1 Å². The van der Waals surface area contributed by atoms with Gasteiger partial charge in [-0.15, -0.1) is 0 Å². The average Bonchev–Trinajstić information content (AvgIpc) is 2.42. The maximum Gasteiger partial charge on any atom is 0.304 e. The van der Waals surface area contributed by atoms with E-state index in [1.54, 1.807) is 0 Å². The van der Waals surface area contributed by atoms with Gasteiger partial charge in [-0.3, -0.25) is 4.79 Å². The van der Waals surface area contributed by atoms with Gasteiger partial charge in [-0.05, 0) is 67.6 Å². The van der Waals surface area contributed by atoms with Crippen LogP contribution >= 0.6 is 15.9 Å². The van der Waals surface area contributed by atoms with Crippen molar-refractivity contribution in [3.8, 4) is 0 Å². The first-order chi connectivity index (χ1) is 10.4. The van der Waals surface area contributed by atoms with Crippen LogP contribution in [0.5, 0.6) is 0 Å². The molecule has 4 fully saturated rings. The van der Waals surface area contributed by atoms with Gasteiger partial charge in [0.25, 0.3) is 0 Å². The standard InChI is InChI=1S/C18H20BrFO2/c19-17-7-11-5-13(8-17)18(10-16(21)22,14(6-11)9-17)12-1-3-15(20)4-2-12/h1-4,11,13-14H,5-10H2,(H,21,22)/t11?,13?,14?,17-,18-. The Bertz CT molecular complexity index is 596. The number of benzene rings is 1. The number of hydrogen-bond donors (Lipinski definition) is 1. The Morgan fingerprint density at radius 1 is 1.18 bits per heavy atom. The molecule has 4 bridgehead atoms. The van der Waals surface area contributed by atoms with E-state index in [4.69, 9.17) is 0 Å². The lowest BCUT2D eigenvalue weighted by Crippen LogP contribution is -2.60. The molecule has 0 aliphatic heterocycles. The molecule has 0 radical (unpaired) electrons. The van der Waals surface area contributed by atoms with E-state index in [9.17, 15) is 14.3 Å². The van der Waals surface area contributed by atoms with Crippen molar-refractivity contribution in [2.24, 2.45) is 17.8 Å². The van der Waals surface area contributed by atoms with Crippen LogP contribution in [0.4, 0.5) is 4.39 Å². The molecule has 1 N–H and O–H groups in total. The van der Waals surface area contributed by atoms with E-state index < -0.39 is 5.97 Å². The van der Waals surface area contributed by atoms with E-state index in [2.05, 4.69) is 15.9 Å². The normalized spacial score (nSPS) is 42.5. The number of carboxylic acid groups (broad SMARTS) is 1. The van der Waals surface area contributed by atoms with Crippen molar-refractivity contribution in [2.45, 2.75) is 48.3 Å². The minimum Gasteiger partial charge on any atom is -0.481 e. The number of carboxylic acids is 1. The molecule has 0 spiro atoms. The van der Waals surface area contributed by atoms with Gasteiger partial charge in [0, 0.05) is 9.74 Å². The third kappa shape index (κ3) is 2.06. The van der Waals surface area contributed by atoms with E-state index in [-0.39, 0.29) is 22.0 Å². The molecule has 0 heterocycles. The monoisotopic (exact) mass is 366 g/mol. The van der Waals surface area contributed by atoms with Crippen LogP contribution in [0.25, 0.3) is 0 Å². The summed E-state index contributed by atoms with van der Waals surface area (Å²) in [6, 6.07) is 6.60. The fourth-order valence-electron chi connectivity index (χ4n) is 5.88. The Kier molecular flexibility index (Phi) is 3.20. The highest BCUT2D eigenvalue weighted by atomic mass is 79.9. The Hall–Kier alpha value is -0.900. The van der Waals surface area contributed by atoms with Crippen molar-refractivity contribution >= 4 is 21.9 Å². The van der Waals surface area contributed by atoms with Crippen molar-refractivity contribution in [2.75, 3.05) is 0 Å². The number of carbonyl (C=O) groups is 1. The average molecular weight is 367 g/mol. The van der Waals surface area contributed by atoms with Crippen LogP contribution in [-0.2, 0) is 10.2 Å². The number of rotatable bonds is 3. The quantitative estimate of drug-likeness (QED) is 0.798. The Morgan fingerprint density at radius 3 is 2.27 bits per heavy atom. The minimum atomic E-state index is -0.736. The summed E-state index contributed by atoms with van der Waals surface area (Å²) >= 11 is 3.95. The zero-order valence-corrected chi connectivity index (χ0v) is 14.0. The third-order valence-electron chi connectivity index (χ3n) is 6.40. The number of hydrogen-bond acceptors (Lipinski definition) is 1. The van der Waals surface area contributed by atoms with Gasteiger partial charge >= 0.3 is 5.97 Å². The van der Waals surface area contributed by atoms with E-state index in [0.717, 1.165) is 37.2 Å². The highest BCUT2D eigenvalue weighted by Gasteiger charge is 2.62. The van der Waals surface area contributed by atoms with Crippen LogP contribution in [-0.4, -0.2) is 15.4 Å². The fourth-order valence-corrected chi connectivity index (χ4v) is 7.12. The highest BCUT2D eigenvalue weighted by molar-refractivity contribution is 9.10. The molecule has 1 aromatic rings. The van der Waals surface area contributed by atoms with Gasteiger partial charge in [-0.1, -0.05) is 28.1 Å². The van der Waals surface area contributed by atoms with Crippen molar-refractivity contribution in [1.29, 1.82) is 0 Å². The summed E-state index contributed by atoms with van der Waals surface area (Å²) < 4.78 is 13.6. The summed E-state index contributed by atoms with van der Waals surface area (Å²) in [7, 11) is 0. The number of halogens is 2. The van der Waals surface area contributed by atoms with Crippen LogP contribution in [0, 0.1) is 23.6 Å². The van der Waals surface area contributed by atoms with Gasteiger partial charge in [0.05, 0.1) is 6.42 Å². The van der Waals surface area contributed by atoms with Gasteiger partial charge < -0.3 is 5.11 Å². The minimum absolute atomic E-state index is 0.170. The molecule has 0 amide bonds. The molecule has 4 saturated carbocycles. The highest BCUT2D eigenvalue weighted by Crippen LogP contribution is 2.67. The van der Waals surface area contributed by atoms with E-state index in [0.29, 0.717) is 11.8 Å². The molecule has 0 aromatic heterocycles. The second kappa shape index (κ2) is 4.80. The molecule has 4 aliphatic rings. The predicted octanol–water partition coefficient (Wildman–Crippen LogP) is 4.51. The van der Waals surface area contributed by atoms with Crippen molar-refractivity contribution in [1.82, 2.24) is 0 Å². The number of alkyl halides is 1. The number of aliphatic carboxylic acids is 1. The van der Waals surface area contributed by atoms with Crippen LogP contribution in [0.2, 0.25) is 0 Å². The molecule has 5 rings (SSSR count). The van der Waals surface area contributed by atoms with Gasteiger partial charge in [0.2, 0.25) is 0 Å². The molecule has 2 atom stereocenters. The molecule has 4 heteroatoms. The van der Waals surface area contributed by atoms with Crippen LogP contribution in [0.15, 0.2) is 24.3 Å². The first-order valence-corrected chi connectivity index (χ1v) is 8.87. The lowest BCUT2D eigenvalue weighted by Gasteiger charge is -2.64. The van der Waals surface area contributed by atoms with Crippen LogP contribution in [0.3, 0.4) is 0 Å². The first-order valence-electron chi connectivity index (χ1n) is 8.08. The zero-order chi connectivity index (χ0) is 15.5. The molecule has 1 aromatic carbocycles. The van der Waals surface area contributed by atoms with Gasteiger partial charge in [-0.25, -0.2) is 4.39 Å². The second-order valence-corrected chi connectivity index (χ2v) is 9.29. The summed E-state index contributed by atoms with van der Waals surface area (Å²) in [6.45, 7) is 0. The lowest BCUT2D eigenvalue weighted by molar-refractivity contribution is -0.144. The van der Waals surface area contributed by atoms with Crippen molar-refractivity contribution in [3.63, 3.8) is 0 Å². The SMILES string of the molecule is O=C(O)C[C@]1(c2ccc(F)cc2)C2CC3CC1C[C@](Br)(C3)C2. The Balaban J connectivity index is 1.82. The lowest BCUT2D eigenvalue weighted by atomic mass is 9.43. The van der Waals surface area contributed by atoms with E-state index >= 15 is 0 Å². The van der Waals surface area contributed by atoms with E-state index in [1.165, 1.54) is 18.6 Å². The van der Waals surface area contributed by atoms with Gasteiger partial charge in [0.1, 0.15) is 5.82 Å². The van der Waals surface area contributed by atoms with Crippen molar-refractivity contribution in [3.05, 3.63) is 35.6 Å². The Morgan fingerprint density at radius 2 is 1.77 bits per heavy atom. The third-order valence-corrected chi connectivity index (χ3v) is 7.37. The van der Waals surface area contributed by atoms with Crippen LogP contribution < -0.4 is 0 Å². The largest absolute Gasteiger partial charge is 0.481 e. The zero-order valence-electron chi connectivity index (χ0n) is 12.4. The van der Waals surface area contributed by atoms with Gasteiger partial charge in [0.15, 0.2) is 0 Å². The smallest absolute Gasteiger partial charge is 0.304 e. The summed E-state index contributed by atoms with van der Waals surface area (Å²) in [5, 5.41) is 9.56. The molecule has 22 heavy (non-hydrogen) atoms. The molecule has 2 nitrogen and oxygen atoms in total. The maximum atomic E-state index is 13.3. The van der Waals surface area contributed by atoms with Crippen molar-refractivity contribution < 1.29 is 14.3 Å². The summed E-state index contributed by atoms with van der Waals surface area (Å²) in [5.74, 6) is 0.508. The predicted molar refractivity (Wildman–Crippen MR) is 85.5 cm³/mol. The molecule has 4 aliphatic carbocycles. The molecular weight excluding hydrogens is 347 g/mol. The topological polar surface area (TPSA) is 37.3 Å². The molecular formula is C18H20BrFO2. The maximum absolute atomic E-state index is 13.3. The summed E-state index contributed by atoms with van der Waals surface area (Å²) in [6.07, 6.45) is 5.73. The molecule has 118 valence electrons. The molecule has 0 saturated heterocycles. The Labute approximate surface area is 138 Å².